The predicted octanol–water partition coefficient (Wildman–Crippen LogP) is 3.78. The molecule has 5 nitrogen and oxygen atoms in total. The Morgan fingerprint density at radius 1 is 0.667 bits per heavy atom. The maximum atomic E-state index is 12.4. The van der Waals surface area contributed by atoms with E-state index in [1.165, 1.54) is 64.2 Å². The second-order valence-electron chi connectivity index (χ2n) is 7.99. The highest BCUT2D eigenvalue weighted by Crippen LogP contribution is 2.17. The Bertz CT molecular complexity index is 365. The molecular weight excluding hydrogens is 338 g/mol. The van der Waals surface area contributed by atoms with Gasteiger partial charge in [0.1, 0.15) is 0 Å². The first-order valence-corrected chi connectivity index (χ1v) is 11.5. The van der Waals surface area contributed by atoms with Crippen LogP contribution in [0.5, 0.6) is 0 Å². The van der Waals surface area contributed by atoms with Crippen LogP contribution in [0.15, 0.2) is 0 Å². The van der Waals surface area contributed by atoms with Crippen LogP contribution in [0.2, 0.25) is 0 Å². The SMILES string of the molecule is CCCCCCCCNC(=O)C1CNC[C@H]1C(=O)NCCCCCCCC. The Hall–Kier alpha value is -1.10. The van der Waals surface area contributed by atoms with Crippen molar-refractivity contribution in [1.29, 1.82) is 0 Å². The molecule has 5 heteroatoms. The van der Waals surface area contributed by atoms with Gasteiger partial charge < -0.3 is 16.0 Å². The molecule has 27 heavy (non-hydrogen) atoms. The van der Waals surface area contributed by atoms with E-state index >= 15 is 0 Å². The number of unbranched alkanes of at least 4 members (excludes halogenated alkanes) is 10. The average molecular weight is 382 g/mol. The van der Waals surface area contributed by atoms with Crippen LogP contribution in [-0.2, 0) is 9.59 Å². The second-order valence-corrected chi connectivity index (χ2v) is 7.99. The van der Waals surface area contributed by atoms with Gasteiger partial charge in [0, 0.05) is 26.2 Å². The quantitative estimate of drug-likeness (QED) is 0.356. The highest BCUT2D eigenvalue weighted by atomic mass is 16.2. The van der Waals surface area contributed by atoms with Crippen LogP contribution in [0.4, 0.5) is 0 Å². The monoisotopic (exact) mass is 381 g/mol. The van der Waals surface area contributed by atoms with Gasteiger partial charge in [0.2, 0.25) is 11.8 Å². The Morgan fingerprint density at radius 2 is 1.04 bits per heavy atom. The molecule has 1 unspecified atom stereocenters. The zero-order valence-corrected chi connectivity index (χ0v) is 17.8. The molecule has 0 aromatic carbocycles. The summed E-state index contributed by atoms with van der Waals surface area (Å²) in [6.45, 7) is 7.11. The second kappa shape index (κ2) is 15.9. The summed E-state index contributed by atoms with van der Waals surface area (Å²) in [7, 11) is 0. The molecule has 1 aliphatic heterocycles. The van der Waals surface area contributed by atoms with Crippen LogP contribution in [0.3, 0.4) is 0 Å². The van der Waals surface area contributed by atoms with Gasteiger partial charge in [-0.15, -0.1) is 0 Å². The number of hydrogen-bond acceptors (Lipinski definition) is 3. The minimum absolute atomic E-state index is 0.0354. The van der Waals surface area contributed by atoms with Crippen LogP contribution < -0.4 is 16.0 Å². The van der Waals surface area contributed by atoms with Gasteiger partial charge in [0.25, 0.3) is 0 Å². The van der Waals surface area contributed by atoms with Gasteiger partial charge in [0.05, 0.1) is 11.8 Å². The summed E-state index contributed by atoms with van der Waals surface area (Å²) >= 11 is 0. The van der Waals surface area contributed by atoms with Gasteiger partial charge in [-0.05, 0) is 12.8 Å². The molecule has 1 saturated heterocycles. The number of rotatable bonds is 16. The number of amides is 2. The molecule has 1 rings (SSSR count). The zero-order chi connectivity index (χ0) is 19.7. The van der Waals surface area contributed by atoms with E-state index in [9.17, 15) is 9.59 Å². The standard InChI is InChI=1S/C22H43N3O2/c1-3-5-7-9-11-13-15-24-21(26)19-17-23-18-20(19)22(27)25-16-14-12-10-8-6-4-2/h19-20,23H,3-18H2,1-2H3,(H,24,26)(H,25,27)/t19-,20?/m1/s1. The van der Waals surface area contributed by atoms with Crippen molar-refractivity contribution in [3.05, 3.63) is 0 Å². The Balaban J connectivity index is 2.15. The van der Waals surface area contributed by atoms with Gasteiger partial charge in [-0.3, -0.25) is 9.59 Å². The number of carbonyl (C=O) groups is 2. The Labute approximate surface area is 166 Å². The normalized spacial score (nSPS) is 19.2. The fraction of sp³-hybridized carbons (Fsp3) is 0.909. The molecule has 2 atom stereocenters. The fourth-order valence-corrected chi connectivity index (χ4v) is 3.73. The molecule has 0 spiro atoms. The third kappa shape index (κ3) is 10.7. The number of carbonyl (C=O) groups excluding carboxylic acids is 2. The van der Waals surface area contributed by atoms with Crippen molar-refractivity contribution < 1.29 is 9.59 Å². The van der Waals surface area contributed by atoms with Crippen molar-refractivity contribution in [3.63, 3.8) is 0 Å². The molecular formula is C22H43N3O2. The molecule has 0 aliphatic carbocycles. The van der Waals surface area contributed by atoms with Gasteiger partial charge in [-0.1, -0.05) is 78.1 Å². The maximum absolute atomic E-state index is 12.4. The molecule has 0 bridgehead atoms. The van der Waals surface area contributed by atoms with E-state index in [0.29, 0.717) is 13.1 Å². The lowest BCUT2D eigenvalue weighted by molar-refractivity contribution is -0.132. The third-order valence-electron chi connectivity index (χ3n) is 5.55. The molecule has 1 heterocycles. The lowest BCUT2D eigenvalue weighted by Crippen LogP contribution is -2.42. The van der Waals surface area contributed by atoms with Crippen molar-refractivity contribution >= 4 is 11.8 Å². The van der Waals surface area contributed by atoms with E-state index in [2.05, 4.69) is 29.8 Å². The summed E-state index contributed by atoms with van der Waals surface area (Å²) in [5.41, 5.74) is 0. The lowest BCUT2D eigenvalue weighted by Gasteiger charge is -2.18. The first-order valence-electron chi connectivity index (χ1n) is 11.5. The van der Waals surface area contributed by atoms with E-state index in [-0.39, 0.29) is 23.7 Å². The molecule has 0 radical (unpaired) electrons. The summed E-state index contributed by atoms with van der Waals surface area (Å²) < 4.78 is 0. The molecule has 0 saturated carbocycles. The van der Waals surface area contributed by atoms with Crippen LogP contribution >= 0.6 is 0 Å². The van der Waals surface area contributed by atoms with Gasteiger partial charge in [-0.2, -0.15) is 0 Å². The van der Waals surface area contributed by atoms with E-state index in [1.807, 2.05) is 0 Å². The highest BCUT2D eigenvalue weighted by Gasteiger charge is 2.37. The van der Waals surface area contributed by atoms with Gasteiger partial charge in [-0.25, -0.2) is 0 Å². The van der Waals surface area contributed by atoms with E-state index in [4.69, 9.17) is 0 Å². The largest absolute Gasteiger partial charge is 0.356 e. The average Bonchev–Trinajstić information content (AvgIpc) is 3.16. The Morgan fingerprint density at radius 3 is 1.44 bits per heavy atom. The van der Waals surface area contributed by atoms with Crippen molar-refractivity contribution in [2.45, 2.75) is 90.9 Å². The third-order valence-corrected chi connectivity index (χ3v) is 5.55. The van der Waals surface area contributed by atoms with Crippen LogP contribution in [0.25, 0.3) is 0 Å². The topological polar surface area (TPSA) is 70.2 Å². The molecule has 1 fully saturated rings. The first kappa shape index (κ1) is 23.9. The minimum atomic E-state index is -0.227. The molecule has 2 amide bonds. The first-order chi connectivity index (χ1) is 13.2. The minimum Gasteiger partial charge on any atom is -0.356 e. The van der Waals surface area contributed by atoms with Crippen LogP contribution in [0, 0.1) is 11.8 Å². The van der Waals surface area contributed by atoms with Crippen molar-refractivity contribution in [1.82, 2.24) is 16.0 Å². The smallest absolute Gasteiger partial charge is 0.225 e. The molecule has 158 valence electrons. The van der Waals surface area contributed by atoms with Crippen molar-refractivity contribution in [2.75, 3.05) is 26.2 Å². The maximum Gasteiger partial charge on any atom is 0.225 e. The molecule has 3 N–H and O–H groups in total. The molecule has 0 aromatic rings. The number of nitrogens with one attached hydrogen (secondary N) is 3. The number of hydrogen-bond donors (Lipinski definition) is 3. The van der Waals surface area contributed by atoms with Gasteiger partial charge >= 0.3 is 0 Å². The van der Waals surface area contributed by atoms with Crippen molar-refractivity contribution in [3.8, 4) is 0 Å². The summed E-state index contributed by atoms with van der Waals surface area (Å²) in [6.07, 6.45) is 14.6. The summed E-state index contributed by atoms with van der Waals surface area (Å²) in [4.78, 5) is 24.9. The lowest BCUT2D eigenvalue weighted by atomic mass is 9.94. The molecule has 1 aliphatic rings. The van der Waals surface area contributed by atoms with E-state index in [1.54, 1.807) is 0 Å². The van der Waals surface area contributed by atoms with Crippen LogP contribution in [-0.4, -0.2) is 38.0 Å². The zero-order valence-electron chi connectivity index (χ0n) is 17.8. The van der Waals surface area contributed by atoms with Crippen LogP contribution in [0.1, 0.15) is 90.9 Å². The van der Waals surface area contributed by atoms with Gasteiger partial charge in [0.15, 0.2) is 0 Å². The Kier molecular flexibility index (Phi) is 14.1. The predicted molar refractivity (Wildman–Crippen MR) is 113 cm³/mol. The summed E-state index contributed by atoms with van der Waals surface area (Å²) in [6, 6.07) is 0. The summed E-state index contributed by atoms with van der Waals surface area (Å²) in [5, 5.41) is 9.29. The summed E-state index contributed by atoms with van der Waals surface area (Å²) in [5.74, 6) is -0.383. The molecule has 0 aromatic heterocycles. The van der Waals surface area contributed by atoms with Crippen molar-refractivity contribution in [2.24, 2.45) is 11.8 Å². The fourth-order valence-electron chi connectivity index (χ4n) is 3.73. The highest BCUT2D eigenvalue weighted by molar-refractivity contribution is 5.88. The van der Waals surface area contributed by atoms with E-state index < -0.39 is 0 Å². The van der Waals surface area contributed by atoms with E-state index in [0.717, 1.165) is 25.9 Å².